The molecule has 0 aromatic carbocycles. The predicted molar refractivity (Wildman–Crippen MR) is 56.8 cm³/mol. The minimum Gasteiger partial charge on any atom is -0.298 e. The van der Waals surface area contributed by atoms with Gasteiger partial charge in [-0.15, -0.1) is 0 Å². The van der Waals surface area contributed by atoms with Crippen molar-refractivity contribution >= 4 is 6.29 Å². The molecule has 0 saturated heterocycles. The van der Waals surface area contributed by atoms with Crippen LogP contribution in [-0.2, 0) is 7.05 Å². The van der Waals surface area contributed by atoms with Crippen molar-refractivity contribution in [1.82, 2.24) is 9.78 Å². The molecule has 1 aromatic rings. The molecular weight excluding hydrogens is 188 g/mol. The molecule has 2 aliphatic carbocycles. The van der Waals surface area contributed by atoms with Crippen molar-refractivity contribution in [2.75, 3.05) is 0 Å². The van der Waals surface area contributed by atoms with Crippen LogP contribution in [0.1, 0.15) is 47.7 Å². The molecule has 1 heterocycles. The first-order chi connectivity index (χ1) is 7.28. The Labute approximate surface area is 89.5 Å². The van der Waals surface area contributed by atoms with Crippen LogP contribution < -0.4 is 0 Å². The molecule has 3 heteroatoms. The number of nitrogens with zero attached hydrogens (tertiary/aromatic N) is 2. The minimum atomic E-state index is 0.560. The van der Waals surface area contributed by atoms with Gasteiger partial charge in [-0.2, -0.15) is 5.10 Å². The molecule has 3 atom stereocenters. The molecule has 3 rings (SSSR count). The van der Waals surface area contributed by atoms with Crippen LogP contribution in [0.3, 0.4) is 0 Å². The minimum absolute atomic E-state index is 0.560. The third-order valence-corrected chi connectivity index (χ3v) is 4.10. The lowest BCUT2D eigenvalue weighted by Gasteiger charge is -2.19. The van der Waals surface area contributed by atoms with Crippen LogP contribution in [-0.4, -0.2) is 16.1 Å². The largest absolute Gasteiger partial charge is 0.298 e. The van der Waals surface area contributed by atoms with Crippen LogP contribution in [0, 0.1) is 11.8 Å². The summed E-state index contributed by atoms with van der Waals surface area (Å²) in [7, 11) is 1.89. The third-order valence-electron chi connectivity index (χ3n) is 4.10. The zero-order valence-electron chi connectivity index (χ0n) is 9.02. The van der Waals surface area contributed by atoms with Crippen LogP contribution in [0.15, 0.2) is 6.20 Å². The molecule has 15 heavy (non-hydrogen) atoms. The topological polar surface area (TPSA) is 34.9 Å². The fourth-order valence-electron chi connectivity index (χ4n) is 3.48. The van der Waals surface area contributed by atoms with Gasteiger partial charge in [-0.05, 0) is 31.1 Å². The fourth-order valence-corrected chi connectivity index (χ4v) is 3.48. The number of hydrogen-bond donors (Lipinski definition) is 0. The maximum Gasteiger partial charge on any atom is 0.153 e. The van der Waals surface area contributed by atoms with Crippen molar-refractivity contribution in [2.24, 2.45) is 18.9 Å². The average molecular weight is 204 g/mol. The summed E-state index contributed by atoms with van der Waals surface area (Å²) in [6, 6.07) is 0. The Kier molecular flexibility index (Phi) is 1.94. The summed E-state index contributed by atoms with van der Waals surface area (Å²) in [6.45, 7) is 0. The Balaban J connectivity index is 1.95. The van der Waals surface area contributed by atoms with E-state index in [1.54, 1.807) is 4.68 Å². The van der Waals surface area contributed by atoms with Gasteiger partial charge in [-0.25, -0.2) is 0 Å². The molecule has 2 bridgehead atoms. The van der Waals surface area contributed by atoms with Gasteiger partial charge in [0.15, 0.2) is 6.29 Å². The quantitative estimate of drug-likeness (QED) is 0.692. The van der Waals surface area contributed by atoms with E-state index >= 15 is 0 Å². The Morgan fingerprint density at radius 3 is 2.93 bits per heavy atom. The molecule has 0 spiro atoms. The van der Waals surface area contributed by atoms with Crippen LogP contribution in [0.25, 0.3) is 0 Å². The SMILES string of the molecule is Cn1cc(C=O)c(C2CC3CCC2C3)n1. The summed E-state index contributed by atoms with van der Waals surface area (Å²) in [4.78, 5) is 11.0. The van der Waals surface area contributed by atoms with Gasteiger partial charge in [-0.3, -0.25) is 9.48 Å². The van der Waals surface area contributed by atoms with Crippen LogP contribution >= 0.6 is 0 Å². The van der Waals surface area contributed by atoms with Gasteiger partial charge >= 0.3 is 0 Å². The van der Waals surface area contributed by atoms with E-state index in [0.29, 0.717) is 5.92 Å². The van der Waals surface area contributed by atoms with E-state index in [1.807, 2.05) is 13.2 Å². The number of aromatic nitrogens is 2. The second-order valence-corrected chi connectivity index (χ2v) is 5.04. The lowest BCUT2D eigenvalue weighted by molar-refractivity contribution is 0.112. The summed E-state index contributed by atoms with van der Waals surface area (Å²) in [6.07, 6.45) is 8.14. The highest BCUT2D eigenvalue weighted by atomic mass is 16.1. The smallest absolute Gasteiger partial charge is 0.153 e. The van der Waals surface area contributed by atoms with Gasteiger partial charge < -0.3 is 0 Å². The van der Waals surface area contributed by atoms with Crippen molar-refractivity contribution in [3.05, 3.63) is 17.5 Å². The van der Waals surface area contributed by atoms with Crippen molar-refractivity contribution in [3.8, 4) is 0 Å². The van der Waals surface area contributed by atoms with Gasteiger partial charge in [0.1, 0.15) is 0 Å². The van der Waals surface area contributed by atoms with E-state index in [0.717, 1.165) is 29.4 Å². The number of aryl methyl sites for hydroxylation is 1. The number of rotatable bonds is 2. The van der Waals surface area contributed by atoms with E-state index in [1.165, 1.54) is 25.7 Å². The third kappa shape index (κ3) is 1.33. The van der Waals surface area contributed by atoms with E-state index in [-0.39, 0.29) is 0 Å². The zero-order valence-corrected chi connectivity index (χ0v) is 9.02. The van der Waals surface area contributed by atoms with Crippen molar-refractivity contribution < 1.29 is 4.79 Å². The first kappa shape index (κ1) is 9.13. The molecule has 0 aliphatic heterocycles. The summed E-state index contributed by atoms with van der Waals surface area (Å²) in [5.74, 6) is 2.26. The van der Waals surface area contributed by atoms with Crippen molar-refractivity contribution in [3.63, 3.8) is 0 Å². The first-order valence-corrected chi connectivity index (χ1v) is 5.76. The summed E-state index contributed by atoms with van der Waals surface area (Å²) >= 11 is 0. The predicted octanol–water partition coefficient (Wildman–Crippen LogP) is 2.14. The average Bonchev–Trinajstić information content (AvgIpc) is 2.90. The molecule has 0 N–H and O–H groups in total. The second kappa shape index (κ2) is 3.19. The van der Waals surface area contributed by atoms with E-state index < -0.39 is 0 Å². The molecule has 2 aliphatic rings. The Morgan fingerprint density at radius 1 is 1.47 bits per heavy atom. The van der Waals surface area contributed by atoms with Gasteiger partial charge in [0.25, 0.3) is 0 Å². The van der Waals surface area contributed by atoms with Gasteiger partial charge in [0, 0.05) is 19.2 Å². The highest BCUT2D eigenvalue weighted by Gasteiger charge is 2.42. The molecule has 2 fully saturated rings. The summed E-state index contributed by atoms with van der Waals surface area (Å²) in [5, 5.41) is 4.47. The highest BCUT2D eigenvalue weighted by Crippen LogP contribution is 2.52. The maximum atomic E-state index is 11.0. The normalized spacial score (nSPS) is 33.5. The standard InChI is InChI=1S/C12H16N2O/c1-14-6-10(7-15)12(13-14)11-5-8-2-3-9(11)4-8/h6-9,11H,2-5H2,1H3. The molecule has 80 valence electrons. The molecule has 2 saturated carbocycles. The highest BCUT2D eigenvalue weighted by molar-refractivity contribution is 5.76. The molecule has 3 nitrogen and oxygen atoms in total. The van der Waals surface area contributed by atoms with Crippen molar-refractivity contribution in [1.29, 1.82) is 0 Å². The molecule has 0 radical (unpaired) electrons. The molecular formula is C12H16N2O. The van der Waals surface area contributed by atoms with E-state index in [2.05, 4.69) is 5.10 Å². The number of aldehydes is 1. The lowest BCUT2D eigenvalue weighted by atomic mass is 9.85. The number of carbonyl (C=O) groups excluding carboxylic acids is 1. The molecule has 3 unspecified atom stereocenters. The Bertz CT molecular complexity index is 396. The summed E-state index contributed by atoms with van der Waals surface area (Å²) in [5.41, 5.74) is 1.86. The second-order valence-electron chi connectivity index (χ2n) is 5.04. The molecule has 1 aromatic heterocycles. The van der Waals surface area contributed by atoms with E-state index in [9.17, 15) is 4.79 Å². The van der Waals surface area contributed by atoms with Gasteiger partial charge in [0.05, 0.1) is 11.3 Å². The van der Waals surface area contributed by atoms with Crippen LogP contribution in [0.5, 0.6) is 0 Å². The summed E-state index contributed by atoms with van der Waals surface area (Å²) < 4.78 is 1.77. The van der Waals surface area contributed by atoms with Gasteiger partial charge in [0.2, 0.25) is 0 Å². The van der Waals surface area contributed by atoms with Crippen LogP contribution in [0.4, 0.5) is 0 Å². The maximum absolute atomic E-state index is 11.0. The Hall–Kier alpha value is -1.12. The Morgan fingerprint density at radius 2 is 2.33 bits per heavy atom. The lowest BCUT2D eigenvalue weighted by Crippen LogP contribution is -2.11. The number of fused-ring (bicyclic) bond motifs is 2. The van der Waals surface area contributed by atoms with Crippen LogP contribution in [0.2, 0.25) is 0 Å². The molecule has 0 amide bonds. The number of hydrogen-bond acceptors (Lipinski definition) is 2. The van der Waals surface area contributed by atoms with Gasteiger partial charge in [-0.1, -0.05) is 6.42 Å². The number of carbonyl (C=O) groups is 1. The van der Waals surface area contributed by atoms with Crippen molar-refractivity contribution in [2.45, 2.75) is 31.6 Å². The zero-order chi connectivity index (χ0) is 10.4. The fraction of sp³-hybridized carbons (Fsp3) is 0.667. The monoisotopic (exact) mass is 204 g/mol. The first-order valence-electron chi connectivity index (χ1n) is 5.76. The van der Waals surface area contributed by atoms with E-state index in [4.69, 9.17) is 0 Å².